The molecule has 0 amide bonds. The van der Waals surface area contributed by atoms with Crippen LogP contribution >= 0.6 is 0 Å². The van der Waals surface area contributed by atoms with Gasteiger partial charge in [0.05, 0.1) is 5.60 Å². The molecule has 1 N–H and O–H groups in total. The predicted octanol–water partition coefficient (Wildman–Crippen LogP) is 4.53. The fourth-order valence-corrected chi connectivity index (χ4v) is 5.75. The average Bonchev–Trinajstić information content (AvgIpc) is 2.27. The molecule has 0 spiro atoms. The molecule has 0 aromatic heterocycles. The molecule has 0 aromatic rings. The highest BCUT2D eigenvalue weighted by Crippen LogP contribution is 2.64. The Labute approximate surface area is 112 Å². The van der Waals surface area contributed by atoms with E-state index in [1.165, 1.54) is 57.8 Å². The van der Waals surface area contributed by atoms with Crippen LogP contribution in [0.1, 0.15) is 78.1 Å². The lowest BCUT2D eigenvalue weighted by Gasteiger charge is -2.61. The molecular weight excluding hydrogens is 220 g/mol. The highest BCUT2D eigenvalue weighted by atomic mass is 16.3. The van der Waals surface area contributed by atoms with Gasteiger partial charge < -0.3 is 5.11 Å². The van der Waals surface area contributed by atoms with Gasteiger partial charge in [-0.25, -0.2) is 0 Å². The molecule has 4 bridgehead atoms. The summed E-state index contributed by atoms with van der Waals surface area (Å²) < 4.78 is 0. The SMILES string of the molecule is CCCCCC(C)(O)C12CC3CC(CC(C3)C1)C2. The van der Waals surface area contributed by atoms with Gasteiger partial charge in [0.15, 0.2) is 0 Å². The zero-order valence-electron chi connectivity index (χ0n) is 12.3. The first kappa shape index (κ1) is 13.0. The third-order valence-electron chi connectivity index (χ3n) is 6.45. The van der Waals surface area contributed by atoms with Crippen molar-refractivity contribution in [1.82, 2.24) is 0 Å². The summed E-state index contributed by atoms with van der Waals surface area (Å²) in [5.74, 6) is 2.86. The van der Waals surface area contributed by atoms with Crippen LogP contribution < -0.4 is 0 Å². The Morgan fingerprint density at radius 1 is 1.00 bits per heavy atom. The van der Waals surface area contributed by atoms with Gasteiger partial charge in [-0.15, -0.1) is 0 Å². The van der Waals surface area contributed by atoms with E-state index >= 15 is 0 Å². The monoisotopic (exact) mass is 250 g/mol. The fraction of sp³-hybridized carbons (Fsp3) is 1.00. The maximum atomic E-state index is 11.1. The van der Waals surface area contributed by atoms with Crippen LogP contribution in [0, 0.1) is 23.2 Å². The van der Waals surface area contributed by atoms with Crippen LogP contribution in [-0.2, 0) is 0 Å². The van der Waals surface area contributed by atoms with Crippen molar-refractivity contribution < 1.29 is 5.11 Å². The maximum absolute atomic E-state index is 11.1. The van der Waals surface area contributed by atoms with Gasteiger partial charge in [-0.1, -0.05) is 26.2 Å². The highest BCUT2D eigenvalue weighted by molar-refractivity contribution is 5.08. The van der Waals surface area contributed by atoms with Gasteiger partial charge in [0.2, 0.25) is 0 Å². The first-order valence-electron chi connectivity index (χ1n) is 8.27. The summed E-state index contributed by atoms with van der Waals surface area (Å²) in [6.07, 6.45) is 13.2. The molecule has 4 fully saturated rings. The Hall–Kier alpha value is -0.0400. The van der Waals surface area contributed by atoms with Crippen molar-refractivity contribution in [2.75, 3.05) is 0 Å². The van der Waals surface area contributed by atoms with E-state index in [4.69, 9.17) is 0 Å². The zero-order valence-corrected chi connectivity index (χ0v) is 12.3. The van der Waals surface area contributed by atoms with Gasteiger partial charge >= 0.3 is 0 Å². The number of hydrogen-bond acceptors (Lipinski definition) is 1. The molecule has 0 aromatic carbocycles. The van der Waals surface area contributed by atoms with E-state index in [2.05, 4.69) is 13.8 Å². The minimum Gasteiger partial charge on any atom is -0.390 e. The Morgan fingerprint density at radius 3 is 1.94 bits per heavy atom. The molecule has 0 heterocycles. The Morgan fingerprint density at radius 2 is 1.50 bits per heavy atom. The van der Waals surface area contributed by atoms with E-state index in [1.54, 1.807) is 0 Å². The molecule has 4 aliphatic carbocycles. The first-order valence-corrected chi connectivity index (χ1v) is 8.27. The van der Waals surface area contributed by atoms with Crippen LogP contribution in [-0.4, -0.2) is 10.7 Å². The summed E-state index contributed by atoms with van der Waals surface area (Å²) >= 11 is 0. The third-order valence-corrected chi connectivity index (χ3v) is 6.45. The second-order valence-electron chi connectivity index (χ2n) is 7.93. The van der Waals surface area contributed by atoms with Crippen molar-refractivity contribution in [2.24, 2.45) is 23.2 Å². The maximum Gasteiger partial charge on any atom is 0.0676 e. The molecule has 1 unspecified atom stereocenters. The lowest BCUT2D eigenvalue weighted by Crippen LogP contribution is -2.57. The number of hydrogen-bond donors (Lipinski definition) is 1. The minimum atomic E-state index is -0.391. The van der Waals surface area contributed by atoms with E-state index in [-0.39, 0.29) is 0 Å². The van der Waals surface area contributed by atoms with Crippen LogP contribution in [0.3, 0.4) is 0 Å². The topological polar surface area (TPSA) is 20.2 Å². The second-order valence-corrected chi connectivity index (χ2v) is 7.93. The molecule has 4 rings (SSSR count). The van der Waals surface area contributed by atoms with Crippen molar-refractivity contribution >= 4 is 0 Å². The van der Waals surface area contributed by atoms with E-state index in [0.29, 0.717) is 5.41 Å². The molecule has 1 nitrogen and oxygen atoms in total. The summed E-state index contributed by atoms with van der Waals surface area (Å²) in [6, 6.07) is 0. The van der Waals surface area contributed by atoms with E-state index in [1.807, 2.05) is 0 Å². The van der Waals surface area contributed by atoms with E-state index in [9.17, 15) is 5.11 Å². The van der Waals surface area contributed by atoms with Crippen LogP contribution in [0.15, 0.2) is 0 Å². The lowest BCUT2D eigenvalue weighted by molar-refractivity contribution is -0.174. The first-order chi connectivity index (χ1) is 8.55. The van der Waals surface area contributed by atoms with Crippen LogP contribution in [0.4, 0.5) is 0 Å². The summed E-state index contributed by atoms with van der Waals surface area (Å²) in [5, 5.41) is 11.1. The molecular formula is C17H30O. The van der Waals surface area contributed by atoms with Crippen molar-refractivity contribution in [3.63, 3.8) is 0 Å². The van der Waals surface area contributed by atoms with Crippen molar-refractivity contribution in [1.29, 1.82) is 0 Å². The largest absolute Gasteiger partial charge is 0.390 e. The Kier molecular flexibility index (Phi) is 3.25. The summed E-state index contributed by atoms with van der Waals surface area (Å²) in [7, 11) is 0. The normalized spacial score (nSPS) is 45.2. The molecule has 4 saturated carbocycles. The molecule has 104 valence electrons. The van der Waals surface area contributed by atoms with Gasteiger partial charge in [0, 0.05) is 0 Å². The second kappa shape index (κ2) is 4.51. The van der Waals surface area contributed by atoms with Crippen molar-refractivity contribution in [3.8, 4) is 0 Å². The fourth-order valence-electron chi connectivity index (χ4n) is 5.75. The van der Waals surface area contributed by atoms with Crippen LogP contribution in [0.2, 0.25) is 0 Å². The van der Waals surface area contributed by atoms with Gasteiger partial charge in [0.25, 0.3) is 0 Å². The average molecular weight is 250 g/mol. The quantitative estimate of drug-likeness (QED) is 0.711. The molecule has 0 saturated heterocycles. The van der Waals surface area contributed by atoms with E-state index in [0.717, 1.165) is 24.2 Å². The van der Waals surface area contributed by atoms with Gasteiger partial charge in [-0.3, -0.25) is 0 Å². The Balaban J connectivity index is 1.73. The number of aliphatic hydroxyl groups is 1. The number of rotatable bonds is 5. The smallest absolute Gasteiger partial charge is 0.0676 e. The molecule has 18 heavy (non-hydrogen) atoms. The molecule has 4 aliphatic rings. The molecule has 1 atom stereocenters. The molecule has 1 heteroatoms. The van der Waals surface area contributed by atoms with Crippen LogP contribution in [0.5, 0.6) is 0 Å². The van der Waals surface area contributed by atoms with Gasteiger partial charge in [-0.2, -0.15) is 0 Å². The van der Waals surface area contributed by atoms with Crippen molar-refractivity contribution in [3.05, 3.63) is 0 Å². The summed E-state index contributed by atoms with van der Waals surface area (Å²) in [6.45, 7) is 4.41. The lowest BCUT2D eigenvalue weighted by atomic mass is 9.45. The van der Waals surface area contributed by atoms with Crippen molar-refractivity contribution in [2.45, 2.75) is 83.7 Å². The Bertz CT molecular complexity index is 269. The summed E-state index contributed by atoms with van der Waals surface area (Å²) in [5.41, 5.74) is -0.0896. The highest BCUT2D eigenvalue weighted by Gasteiger charge is 2.57. The zero-order chi connectivity index (χ0) is 12.8. The third kappa shape index (κ3) is 2.03. The minimum absolute atomic E-state index is 0.301. The molecule has 0 aliphatic heterocycles. The number of unbranched alkanes of at least 4 members (excludes halogenated alkanes) is 2. The van der Waals surface area contributed by atoms with Gasteiger partial charge in [0.1, 0.15) is 0 Å². The van der Waals surface area contributed by atoms with Crippen LogP contribution in [0.25, 0.3) is 0 Å². The van der Waals surface area contributed by atoms with Gasteiger partial charge in [-0.05, 0) is 75.0 Å². The molecule has 0 radical (unpaired) electrons. The predicted molar refractivity (Wildman–Crippen MR) is 75.4 cm³/mol. The standard InChI is InChI=1S/C17H30O/c1-3-4-5-6-16(2,18)17-10-13-7-14(11-17)9-15(8-13)12-17/h13-15,18H,3-12H2,1-2H3. The summed E-state index contributed by atoms with van der Waals surface area (Å²) in [4.78, 5) is 0. The van der Waals surface area contributed by atoms with E-state index < -0.39 is 5.60 Å².